The molecule has 2 aromatic carbocycles. The zero-order valence-corrected chi connectivity index (χ0v) is 20.8. The van der Waals surface area contributed by atoms with Gasteiger partial charge in [0, 0.05) is 42.5 Å². The fourth-order valence-electron chi connectivity index (χ4n) is 5.79. The minimum absolute atomic E-state index is 0.0310. The topological polar surface area (TPSA) is 66.6 Å². The molecule has 1 amide bonds. The number of carbonyl (C=O) groups excluding carboxylic acids is 1. The van der Waals surface area contributed by atoms with Gasteiger partial charge in [-0.3, -0.25) is 4.79 Å². The second-order valence-corrected chi connectivity index (χ2v) is 10.3. The molecule has 36 heavy (non-hydrogen) atoms. The summed E-state index contributed by atoms with van der Waals surface area (Å²) < 4.78 is 15.5. The lowest BCUT2D eigenvalue weighted by atomic mass is 9.89. The average molecular weight is 487 g/mol. The van der Waals surface area contributed by atoms with Crippen LogP contribution < -0.4 is 4.90 Å². The van der Waals surface area contributed by atoms with Crippen molar-refractivity contribution in [1.29, 1.82) is 0 Å². The van der Waals surface area contributed by atoms with E-state index in [-0.39, 0.29) is 17.8 Å². The van der Waals surface area contributed by atoms with Crippen LogP contribution in [0.4, 0.5) is 10.3 Å². The second-order valence-electron chi connectivity index (χ2n) is 10.3. The van der Waals surface area contributed by atoms with Crippen LogP contribution in [0.25, 0.3) is 16.6 Å². The van der Waals surface area contributed by atoms with Gasteiger partial charge in [0.1, 0.15) is 11.6 Å². The summed E-state index contributed by atoms with van der Waals surface area (Å²) in [4.78, 5) is 22.4. The monoisotopic (exact) mass is 486 g/mol. The first-order chi connectivity index (χ1) is 17.5. The number of hydrogen-bond acceptors (Lipinski definition) is 5. The largest absolute Gasteiger partial charge is 0.338 e. The minimum Gasteiger partial charge on any atom is -0.338 e. The fraction of sp³-hybridized carbons (Fsp3) is 0.429. The molecule has 0 spiro atoms. The highest BCUT2D eigenvalue weighted by Gasteiger charge is 2.32. The molecule has 0 bridgehead atoms. The van der Waals surface area contributed by atoms with E-state index in [1.54, 1.807) is 12.1 Å². The number of rotatable bonds is 3. The van der Waals surface area contributed by atoms with Crippen LogP contribution in [0.15, 0.2) is 42.5 Å². The molecule has 6 rings (SSSR count). The molecule has 1 aliphatic carbocycles. The first-order valence-corrected chi connectivity index (χ1v) is 13.0. The van der Waals surface area contributed by atoms with E-state index in [9.17, 15) is 9.18 Å². The Morgan fingerprint density at radius 2 is 1.78 bits per heavy atom. The smallest absolute Gasteiger partial charge is 0.254 e. The van der Waals surface area contributed by atoms with E-state index in [2.05, 4.69) is 46.4 Å². The van der Waals surface area contributed by atoms with Crippen LogP contribution in [0.2, 0.25) is 0 Å². The zero-order valence-electron chi connectivity index (χ0n) is 20.8. The molecule has 0 radical (unpaired) electrons. The zero-order chi connectivity index (χ0) is 24.8. The number of anilines is 1. The van der Waals surface area contributed by atoms with Gasteiger partial charge < -0.3 is 9.80 Å². The molecule has 8 heteroatoms. The standard InChI is InChI=1S/C28H31FN6O/c1-18-8-13-24-23(16-18)26-32-31-25(20-6-4-3-5-7-20)35(26)28(30-24)33-14-15-34(19(2)17-33)27(36)21-9-11-22(29)12-10-21/h8-13,16,19-20H,3-7,14-15,17H2,1-2H3. The highest BCUT2D eigenvalue weighted by molar-refractivity contribution is 5.95. The molecule has 1 saturated carbocycles. The normalized spacial score (nSPS) is 19.4. The molecule has 2 aliphatic rings. The summed E-state index contributed by atoms with van der Waals surface area (Å²) in [5.74, 6) is 1.84. The third kappa shape index (κ3) is 3.98. The Bertz CT molecular complexity index is 1430. The lowest BCUT2D eigenvalue weighted by molar-refractivity contribution is 0.0673. The molecular weight excluding hydrogens is 455 g/mol. The van der Waals surface area contributed by atoms with Gasteiger partial charge in [0.15, 0.2) is 5.65 Å². The van der Waals surface area contributed by atoms with E-state index in [1.807, 2.05) is 4.90 Å². The molecule has 186 valence electrons. The maximum atomic E-state index is 13.4. The number of hydrogen-bond donors (Lipinski definition) is 0. The molecule has 2 fully saturated rings. The molecule has 7 nitrogen and oxygen atoms in total. The van der Waals surface area contributed by atoms with Crippen molar-refractivity contribution < 1.29 is 9.18 Å². The third-order valence-corrected chi connectivity index (χ3v) is 7.73. The van der Waals surface area contributed by atoms with Gasteiger partial charge in [-0.25, -0.2) is 13.8 Å². The number of carbonyl (C=O) groups is 1. The number of aromatic nitrogens is 4. The van der Waals surface area contributed by atoms with E-state index in [0.29, 0.717) is 31.1 Å². The lowest BCUT2D eigenvalue weighted by Gasteiger charge is -2.40. The highest BCUT2D eigenvalue weighted by atomic mass is 19.1. The van der Waals surface area contributed by atoms with Crippen molar-refractivity contribution >= 4 is 28.4 Å². The van der Waals surface area contributed by atoms with E-state index < -0.39 is 0 Å². The molecule has 2 aromatic heterocycles. The SMILES string of the molecule is Cc1ccc2nc(N3CCN(C(=O)c4ccc(F)cc4)C(C)C3)n3c(C4CCCCC4)nnc3c2c1. The summed E-state index contributed by atoms with van der Waals surface area (Å²) in [6.45, 7) is 6.01. The predicted molar refractivity (Wildman–Crippen MR) is 138 cm³/mol. The number of nitrogens with zero attached hydrogens (tertiary/aromatic N) is 6. The van der Waals surface area contributed by atoms with E-state index in [1.165, 1.54) is 37.0 Å². The van der Waals surface area contributed by atoms with Crippen LogP contribution >= 0.6 is 0 Å². The molecule has 1 atom stereocenters. The molecular formula is C28H31FN6O. The summed E-state index contributed by atoms with van der Waals surface area (Å²) >= 11 is 0. The Labute approximate surface area is 209 Å². The Kier molecular flexibility index (Phi) is 5.82. The molecule has 4 aromatic rings. The number of benzene rings is 2. The van der Waals surface area contributed by atoms with E-state index in [4.69, 9.17) is 10.1 Å². The van der Waals surface area contributed by atoms with Crippen molar-refractivity contribution in [2.75, 3.05) is 24.5 Å². The van der Waals surface area contributed by atoms with Crippen LogP contribution in [0.3, 0.4) is 0 Å². The van der Waals surface area contributed by atoms with Gasteiger partial charge in [0.25, 0.3) is 5.91 Å². The van der Waals surface area contributed by atoms with Crippen molar-refractivity contribution in [3.63, 3.8) is 0 Å². The number of amides is 1. The molecule has 1 unspecified atom stereocenters. The lowest BCUT2D eigenvalue weighted by Crippen LogP contribution is -2.54. The number of piperazine rings is 1. The Hall–Kier alpha value is -3.55. The maximum Gasteiger partial charge on any atom is 0.254 e. The van der Waals surface area contributed by atoms with Gasteiger partial charge in [-0.15, -0.1) is 10.2 Å². The molecule has 3 heterocycles. The summed E-state index contributed by atoms with van der Waals surface area (Å²) in [5, 5.41) is 10.4. The maximum absolute atomic E-state index is 13.4. The van der Waals surface area contributed by atoms with Crippen LogP contribution in [0.1, 0.15) is 66.7 Å². The van der Waals surface area contributed by atoms with Crippen molar-refractivity contribution in [3.05, 3.63) is 65.2 Å². The summed E-state index contributed by atoms with van der Waals surface area (Å²) in [6.07, 6.45) is 5.97. The minimum atomic E-state index is -0.339. The third-order valence-electron chi connectivity index (χ3n) is 7.73. The van der Waals surface area contributed by atoms with Crippen LogP contribution in [-0.2, 0) is 0 Å². The van der Waals surface area contributed by atoms with Crippen molar-refractivity contribution in [2.45, 2.75) is 57.9 Å². The molecule has 1 aliphatic heterocycles. The van der Waals surface area contributed by atoms with Gasteiger partial charge in [0.2, 0.25) is 5.95 Å². The number of fused-ring (bicyclic) bond motifs is 3. The van der Waals surface area contributed by atoms with Crippen molar-refractivity contribution in [1.82, 2.24) is 24.5 Å². The molecule has 0 N–H and O–H groups in total. The molecule has 1 saturated heterocycles. The number of aryl methyl sites for hydroxylation is 1. The summed E-state index contributed by atoms with van der Waals surface area (Å²) in [6, 6.07) is 12.0. The van der Waals surface area contributed by atoms with Gasteiger partial charge in [-0.1, -0.05) is 30.9 Å². The van der Waals surface area contributed by atoms with E-state index in [0.717, 1.165) is 41.2 Å². The van der Waals surface area contributed by atoms with Crippen molar-refractivity contribution in [3.8, 4) is 0 Å². The van der Waals surface area contributed by atoms with Crippen LogP contribution in [0.5, 0.6) is 0 Å². The number of halogens is 1. The summed E-state index contributed by atoms with van der Waals surface area (Å²) in [7, 11) is 0. The Morgan fingerprint density at radius 3 is 2.53 bits per heavy atom. The highest BCUT2D eigenvalue weighted by Crippen LogP contribution is 2.35. The van der Waals surface area contributed by atoms with E-state index >= 15 is 0 Å². The summed E-state index contributed by atoms with van der Waals surface area (Å²) in [5.41, 5.74) is 3.44. The Morgan fingerprint density at radius 1 is 1.00 bits per heavy atom. The predicted octanol–water partition coefficient (Wildman–Crippen LogP) is 5.12. The first-order valence-electron chi connectivity index (χ1n) is 13.0. The van der Waals surface area contributed by atoms with Gasteiger partial charge in [-0.2, -0.15) is 0 Å². The average Bonchev–Trinajstić information content (AvgIpc) is 3.34. The van der Waals surface area contributed by atoms with Gasteiger partial charge in [-0.05, 0) is 63.1 Å². The first kappa shape index (κ1) is 22.9. The van der Waals surface area contributed by atoms with Crippen LogP contribution in [-0.4, -0.2) is 56.1 Å². The second kappa shape index (κ2) is 9.15. The van der Waals surface area contributed by atoms with Crippen LogP contribution in [0, 0.1) is 12.7 Å². The van der Waals surface area contributed by atoms with Gasteiger partial charge in [0.05, 0.1) is 5.52 Å². The fourth-order valence-corrected chi connectivity index (χ4v) is 5.79. The quantitative estimate of drug-likeness (QED) is 0.402. The Balaban J connectivity index is 1.37. The van der Waals surface area contributed by atoms with Crippen molar-refractivity contribution in [2.24, 2.45) is 0 Å². The van der Waals surface area contributed by atoms with Gasteiger partial charge >= 0.3 is 0 Å².